The molecule has 1 aliphatic heterocycles. The number of benzene rings is 2. The molecule has 0 radical (unpaired) electrons. The third-order valence-electron chi connectivity index (χ3n) is 6.86. The highest BCUT2D eigenvalue weighted by atomic mass is 35.5. The fourth-order valence-electron chi connectivity index (χ4n) is 4.78. The van der Waals surface area contributed by atoms with E-state index in [1.807, 2.05) is 36.7 Å². The molecule has 0 saturated heterocycles. The van der Waals surface area contributed by atoms with E-state index in [2.05, 4.69) is 10.0 Å². The quantitative estimate of drug-likeness (QED) is 0.367. The molecule has 2 aliphatic rings. The van der Waals surface area contributed by atoms with E-state index in [0.29, 0.717) is 52.0 Å². The predicted molar refractivity (Wildman–Crippen MR) is 143 cm³/mol. The minimum atomic E-state index is -3.86. The number of fused-ring (bicyclic) bond motifs is 1. The van der Waals surface area contributed by atoms with Crippen LogP contribution in [0.15, 0.2) is 48.7 Å². The Kier molecular flexibility index (Phi) is 6.74. The number of rotatable bonds is 8. The van der Waals surface area contributed by atoms with Crippen LogP contribution < -0.4 is 15.5 Å². The van der Waals surface area contributed by atoms with Crippen LogP contribution in [-0.4, -0.2) is 30.0 Å². The minimum absolute atomic E-state index is 0.0761. The number of nitrogens with zero attached hydrogens (tertiary/aromatic N) is 1. The summed E-state index contributed by atoms with van der Waals surface area (Å²) in [6, 6.07) is 10.4. The molecule has 0 bridgehead atoms. The molecule has 11 heteroatoms. The predicted octanol–water partition coefficient (Wildman–Crippen LogP) is 4.15. The van der Waals surface area contributed by atoms with Crippen LogP contribution in [0.5, 0.6) is 0 Å². The van der Waals surface area contributed by atoms with Crippen LogP contribution in [0.4, 0.5) is 5.69 Å². The largest absolute Gasteiger partial charge is 0.761 e. The van der Waals surface area contributed by atoms with Gasteiger partial charge in [0.15, 0.2) is 0 Å². The van der Waals surface area contributed by atoms with Crippen LogP contribution in [0, 0.1) is 5.21 Å². The fourth-order valence-corrected chi connectivity index (χ4v) is 6.24. The fraction of sp³-hybridized carbons (Fsp3) is 0.308. The summed E-state index contributed by atoms with van der Waals surface area (Å²) in [7, 11) is -3.86. The second kappa shape index (κ2) is 9.85. The van der Waals surface area contributed by atoms with Gasteiger partial charge in [-0.2, -0.15) is 0 Å². The summed E-state index contributed by atoms with van der Waals surface area (Å²) in [5.74, 6) is -1.78. The van der Waals surface area contributed by atoms with Crippen LogP contribution in [0.25, 0.3) is 10.9 Å². The van der Waals surface area contributed by atoms with Crippen molar-refractivity contribution in [3.05, 3.63) is 81.3 Å². The SMILES string of the molecule is CCc1ccc2c(c1)c(C1CC=CNC1=O)c(C(=O)NS(=O)(=O)C1CC1)n2Cc1cc(N[O-])ccc1Cl. The van der Waals surface area contributed by atoms with E-state index in [4.69, 9.17) is 11.6 Å². The molecule has 1 fully saturated rings. The number of nitrogens with one attached hydrogen (secondary N) is 3. The van der Waals surface area contributed by atoms with E-state index in [1.54, 1.807) is 29.0 Å². The molecule has 2 heterocycles. The molecule has 0 spiro atoms. The summed E-state index contributed by atoms with van der Waals surface area (Å²) in [6.45, 7) is 2.08. The van der Waals surface area contributed by atoms with Crippen molar-refractivity contribution in [2.24, 2.45) is 0 Å². The summed E-state index contributed by atoms with van der Waals surface area (Å²) < 4.78 is 29.4. The topological polar surface area (TPSA) is 132 Å². The van der Waals surface area contributed by atoms with Gasteiger partial charge in [-0.25, -0.2) is 13.1 Å². The number of sulfonamides is 1. The second-order valence-corrected chi connectivity index (χ2v) is 11.7. The van der Waals surface area contributed by atoms with Gasteiger partial charge >= 0.3 is 0 Å². The number of hydrogen-bond donors (Lipinski definition) is 3. The first-order valence-electron chi connectivity index (χ1n) is 12.1. The van der Waals surface area contributed by atoms with E-state index in [1.165, 1.54) is 0 Å². The van der Waals surface area contributed by atoms with Gasteiger partial charge in [0.25, 0.3) is 5.91 Å². The van der Waals surface area contributed by atoms with Crippen molar-refractivity contribution >= 4 is 50.0 Å². The molecular formula is C26H26ClN4O5S-. The van der Waals surface area contributed by atoms with E-state index >= 15 is 0 Å². The number of allylic oxidation sites excluding steroid dienone is 1. The number of aromatic nitrogens is 1. The van der Waals surface area contributed by atoms with Crippen molar-refractivity contribution in [1.82, 2.24) is 14.6 Å². The Labute approximate surface area is 219 Å². The molecule has 1 unspecified atom stereocenters. The van der Waals surface area contributed by atoms with Gasteiger partial charge in [0.1, 0.15) is 5.69 Å². The Bertz CT molecular complexity index is 1540. The summed E-state index contributed by atoms with van der Waals surface area (Å²) >= 11 is 6.46. The summed E-state index contributed by atoms with van der Waals surface area (Å²) in [5.41, 5.74) is 4.90. The van der Waals surface area contributed by atoms with E-state index < -0.39 is 27.1 Å². The summed E-state index contributed by atoms with van der Waals surface area (Å²) in [6.07, 6.45) is 5.46. The van der Waals surface area contributed by atoms with Gasteiger partial charge in [-0.15, -0.1) is 0 Å². The highest BCUT2D eigenvalue weighted by molar-refractivity contribution is 7.91. The number of aryl methyl sites for hydroxylation is 1. The maximum Gasteiger partial charge on any atom is 0.281 e. The lowest BCUT2D eigenvalue weighted by Crippen LogP contribution is -2.36. The van der Waals surface area contributed by atoms with Crippen molar-refractivity contribution in [3.63, 3.8) is 0 Å². The molecule has 37 heavy (non-hydrogen) atoms. The van der Waals surface area contributed by atoms with Crippen molar-refractivity contribution < 1.29 is 18.0 Å². The Morgan fingerprint density at radius 2 is 2.00 bits per heavy atom. The maximum absolute atomic E-state index is 13.7. The second-order valence-electron chi connectivity index (χ2n) is 9.34. The lowest BCUT2D eigenvalue weighted by molar-refractivity contribution is -0.121. The van der Waals surface area contributed by atoms with Gasteiger partial charge in [0, 0.05) is 33.7 Å². The highest BCUT2D eigenvalue weighted by Gasteiger charge is 2.39. The monoisotopic (exact) mass is 541 g/mol. The maximum atomic E-state index is 13.7. The Balaban J connectivity index is 1.76. The zero-order valence-corrected chi connectivity index (χ0v) is 21.7. The molecule has 1 aromatic heterocycles. The Hall–Kier alpha value is -3.34. The van der Waals surface area contributed by atoms with E-state index in [0.717, 1.165) is 12.0 Å². The molecule has 5 rings (SSSR count). The van der Waals surface area contributed by atoms with Crippen LogP contribution in [0.2, 0.25) is 5.02 Å². The molecule has 2 aromatic carbocycles. The van der Waals surface area contributed by atoms with Gasteiger partial charge in [-0.3, -0.25) is 9.59 Å². The Morgan fingerprint density at radius 1 is 1.22 bits per heavy atom. The first-order valence-corrected chi connectivity index (χ1v) is 14.0. The van der Waals surface area contributed by atoms with Crippen LogP contribution in [-0.2, 0) is 27.8 Å². The number of halogens is 1. The van der Waals surface area contributed by atoms with Crippen molar-refractivity contribution in [2.45, 2.75) is 50.3 Å². The summed E-state index contributed by atoms with van der Waals surface area (Å²) in [5, 5.41) is 14.5. The van der Waals surface area contributed by atoms with Gasteiger partial charge in [0.2, 0.25) is 15.9 Å². The third kappa shape index (κ3) is 4.84. The average molecular weight is 542 g/mol. The molecular weight excluding hydrogens is 516 g/mol. The first kappa shape index (κ1) is 25.3. The molecule has 3 aromatic rings. The van der Waals surface area contributed by atoms with Gasteiger partial charge in [0.05, 0.1) is 11.2 Å². The molecule has 9 nitrogen and oxygen atoms in total. The zero-order valence-electron chi connectivity index (χ0n) is 20.1. The van der Waals surface area contributed by atoms with Gasteiger partial charge < -0.3 is 20.6 Å². The molecule has 2 amide bonds. The standard InChI is InChI=1S/C26H26ClN4O5S/c1-2-15-5-10-22-20(12-15)23(19-4-3-11-28-25(19)32)24(26(33)30-37(35,36)18-7-8-18)31(22)14-16-13-17(29-34)6-9-21(16)27/h3,5-6,9-13,18-19,29H,2,4,7-8,14H2,1H3,(H,28,32)(H,30,33)/q-1. The number of carbonyl (C=O) groups is 2. The highest BCUT2D eigenvalue weighted by Crippen LogP contribution is 2.38. The lowest BCUT2D eigenvalue weighted by atomic mass is 9.90. The average Bonchev–Trinajstić information content (AvgIpc) is 3.70. The molecule has 3 N–H and O–H groups in total. The molecule has 1 saturated carbocycles. The molecule has 194 valence electrons. The van der Waals surface area contributed by atoms with Crippen molar-refractivity contribution in [3.8, 4) is 0 Å². The first-order chi connectivity index (χ1) is 17.7. The van der Waals surface area contributed by atoms with Gasteiger partial charge in [-0.05, 0) is 73.3 Å². The Morgan fingerprint density at radius 3 is 2.68 bits per heavy atom. The van der Waals surface area contributed by atoms with Crippen LogP contribution in [0.3, 0.4) is 0 Å². The third-order valence-corrected chi connectivity index (χ3v) is 9.05. The number of anilines is 1. The van der Waals surface area contributed by atoms with Gasteiger partial charge in [-0.1, -0.05) is 30.7 Å². The van der Waals surface area contributed by atoms with Crippen molar-refractivity contribution in [2.75, 3.05) is 5.48 Å². The van der Waals surface area contributed by atoms with E-state index in [9.17, 15) is 23.2 Å². The number of hydrogen-bond acceptors (Lipinski definition) is 6. The summed E-state index contributed by atoms with van der Waals surface area (Å²) in [4.78, 5) is 26.7. The normalized spacial score (nSPS) is 17.6. The molecule has 1 aliphatic carbocycles. The molecule has 1 atom stereocenters. The van der Waals surface area contributed by atoms with Crippen LogP contribution in [0.1, 0.15) is 59.3 Å². The van der Waals surface area contributed by atoms with Crippen molar-refractivity contribution in [1.29, 1.82) is 0 Å². The number of amides is 2. The number of carbonyl (C=O) groups excluding carboxylic acids is 2. The smallest absolute Gasteiger partial charge is 0.281 e. The van der Waals surface area contributed by atoms with Crippen LogP contribution >= 0.6 is 11.6 Å². The minimum Gasteiger partial charge on any atom is -0.761 e. The zero-order chi connectivity index (χ0) is 26.3. The van der Waals surface area contributed by atoms with E-state index in [-0.39, 0.29) is 18.1 Å². The lowest BCUT2D eigenvalue weighted by Gasteiger charge is -2.20.